The molecule has 6 heterocycles. The lowest BCUT2D eigenvalue weighted by Crippen LogP contribution is -2.71. The van der Waals surface area contributed by atoms with Gasteiger partial charge in [-0.3, -0.25) is 19.1 Å². The fraction of sp³-hybridized carbons (Fsp3) is 0.385. The highest BCUT2D eigenvalue weighted by molar-refractivity contribution is 8.00. The quantitative estimate of drug-likeness (QED) is 0.0697. The molecule has 0 saturated carbocycles. The number of anilines is 2. The van der Waals surface area contributed by atoms with Gasteiger partial charge in [-0.1, -0.05) is 28.1 Å². The smallest absolute Gasteiger partial charge is 0.352 e. The molecule has 3 aliphatic rings. The Bertz CT molecular complexity index is 1840. The van der Waals surface area contributed by atoms with E-state index in [1.165, 1.54) is 18.7 Å². The number of pyridine rings is 1. The average molecular weight is 692 g/mol. The predicted octanol–water partition coefficient (Wildman–Crippen LogP) is -0.235. The highest BCUT2D eigenvalue weighted by atomic mass is 35.5. The van der Waals surface area contributed by atoms with E-state index in [-0.39, 0.29) is 39.2 Å². The SMILES string of the molecule is C[C@H](O/N=C(\C(=O)N[C@@H]1C(=O)N2C(C(=O)O)=C(C[n+]3cccc4c3nc(N)n4[C@H]3CCNC3)CS[C@H]12)c1nc(N)sc1Cl)C(=O)O. The summed E-state index contributed by atoms with van der Waals surface area (Å²) < 4.78 is 3.78. The van der Waals surface area contributed by atoms with Crippen LogP contribution >= 0.6 is 34.7 Å². The van der Waals surface area contributed by atoms with Gasteiger partial charge in [0, 0.05) is 17.9 Å². The van der Waals surface area contributed by atoms with Gasteiger partial charge in [-0.25, -0.2) is 19.1 Å². The van der Waals surface area contributed by atoms with Crippen molar-refractivity contribution in [2.45, 2.75) is 43.5 Å². The Hall–Kier alpha value is -4.46. The van der Waals surface area contributed by atoms with Gasteiger partial charge in [-0.05, 0) is 37.0 Å². The molecule has 0 spiro atoms. The summed E-state index contributed by atoms with van der Waals surface area (Å²) in [5.74, 6) is -3.63. The number of carbonyl (C=O) groups excluding carboxylic acids is 2. The lowest BCUT2D eigenvalue weighted by molar-refractivity contribution is -0.664. The van der Waals surface area contributed by atoms with Gasteiger partial charge >= 0.3 is 23.5 Å². The number of amides is 2. The number of oxime groups is 1. The van der Waals surface area contributed by atoms with Gasteiger partial charge in [-0.2, -0.15) is 0 Å². The lowest BCUT2D eigenvalue weighted by Gasteiger charge is -2.49. The van der Waals surface area contributed by atoms with Crippen molar-refractivity contribution in [1.29, 1.82) is 0 Å². The molecule has 2 amide bonds. The number of aromatic nitrogens is 4. The van der Waals surface area contributed by atoms with E-state index in [0.29, 0.717) is 17.2 Å². The number of carboxylic acid groups (broad SMARTS) is 2. The summed E-state index contributed by atoms with van der Waals surface area (Å²) in [4.78, 5) is 65.1. The molecule has 3 aliphatic heterocycles. The number of hydrogen-bond donors (Lipinski definition) is 6. The maximum absolute atomic E-state index is 13.4. The first-order chi connectivity index (χ1) is 22.0. The van der Waals surface area contributed by atoms with Crippen molar-refractivity contribution in [2.24, 2.45) is 5.16 Å². The second kappa shape index (κ2) is 12.4. The van der Waals surface area contributed by atoms with Crippen LogP contribution in [0, 0.1) is 0 Å². The number of carbonyl (C=O) groups is 4. The van der Waals surface area contributed by atoms with Crippen LogP contribution in [-0.2, 0) is 30.6 Å². The third-order valence-electron chi connectivity index (χ3n) is 7.74. The number of imidazole rings is 1. The van der Waals surface area contributed by atoms with Crippen LogP contribution < -0.4 is 26.7 Å². The number of thiazole rings is 1. The molecule has 0 radical (unpaired) electrons. The van der Waals surface area contributed by atoms with E-state index >= 15 is 0 Å². The number of fused-ring (bicyclic) bond motifs is 2. The summed E-state index contributed by atoms with van der Waals surface area (Å²) >= 11 is 8.31. The molecular formula is C26H28ClN10O7S2+. The summed E-state index contributed by atoms with van der Waals surface area (Å²) in [5.41, 5.74) is 13.1. The molecule has 3 aromatic rings. The third kappa shape index (κ3) is 5.59. The summed E-state index contributed by atoms with van der Waals surface area (Å²) in [7, 11) is 0. The molecular weight excluding hydrogens is 664 g/mol. The van der Waals surface area contributed by atoms with Crippen LogP contribution in [0.25, 0.3) is 11.2 Å². The van der Waals surface area contributed by atoms with Crippen molar-refractivity contribution < 1.29 is 38.8 Å². The molecule has 20 heteroatoms. The molecule has 0 unspecified atom stereocenters. The number of nitrogens with one attached hydrogen (secondary N) is 2. The van der Waals surface area contributed by atoms with Gasteiger partial charge in [0.05, 0.1) is 12.2 Å². The van der Waals surface area contributed by atoms with Gasteiger partial charge in [0.1, 0.15) is 39.2 Å². The van der Waals surface area contributed by atoms with Gasteiger partial charge in [-0.15, -0.1) is 11.8 Å². The highest BCUT2D eigenvalue weighted by Crippen LogP contribution is 2.40. The van der Waals surface area contributed by atoms with E-state index in [9.17, 15) is 24.3 Å². The third-order valence-corrected chi connectivity index (χ3v) is 10.2. The summed E-state index contributed by atoms with van der Waals surface area (Å²) in [6.45, 7) is 2.97. The minimum Gasteiger partial charge on any atom is -0.478 e. The molecule has 4 atom stereocenters. The Morgan fingerprint density at radius 2 is 2.11 bits per heavy atom. The monoisotopic (exact) mass is 691 g/mol. The van der Waals surface area contributed by atoms with Crippen molar-refractivity contribution in [1.82, 2.24) is 30.1 Å². The Kier molecular flexibility index (Phi) is 8.49. The Balaban J connectivity index is 1.25. The topological polar surface area (TPSA) is 244 Å². The zero-order chi connectivity index (χ0) is 32.9. The number of hydrogen-bond acceptors (Lipinski definition) is 13. The molecule has 6 rings (SSSR count). The van der Waals surface area contributed by atoms with Crippen molar-refractivity contribution in [3.63, 3.8) is 0 Å². The number of carboxylic acids is 2. The fourth-order valence-electron chi connectivity index (χ4n) is 5.55. The van der Waals surface area contributed by atoms with Crippen LogP contribution in [0.5, 0.6) is 0 Å². The van der Waals surface area contributed by atoms with E-state index in [4.69, 9.17) is 33.0 Å². The van der Waals surface area contributed by atoms with E-state index in [1.54, 1.807) is 10.8 Å². The fourth-order valence-corrected chi connectivity index (χ4v) is 7.81. The van der Waals surface area contributed by atoms with Crippen LogP contribution in [-0.4, -0.2) is 95.5 Å². The molecule has 17 nitrogen and oxygen atoms in total. The van der Waals surface area contributed by atoms with Crippen LogP contribution in [0.2, 0.25) is 4.34 Å². The van der Waals surface area contributed by atoms with Crippen LogP contribution in [0.4, 0.5) is 11.1 Å². The van der Waals surface area contributed by atoms with Crippen LogP contribution in [0.15, 0.2) is 34.8 Å². The molecule has 3 aromatic heterocycles. The first-order valence-electron chi connectivity index (χ1n) is 13.9. The maximum atomic E-state index is 13.4. The zero-order valence-electron chi connectivity index (χ0n) is 24.0. The van der Waals surface area contributed by atoms with Gasteiger partial charge in [0.25, 0.3) is 11.8 Å². The molecule has 242 valence electrons. The minimum absolute atomic E-state index is 0.00802. The van der Waals surface area contributed by atoms with Gasteiger partial charge in [0.2, 0.25) is 6.10 Å². The van der Waals surface area contributed by atoms with Crippen molar-refractivity contribution in [2.75, 3.05) is 30.3 Å². The first kappa shape index (κ1) is 31.5. The van der Waals surface area contributed by atoms with Gasteiger partial charge < -0.3 is 37.2 Å². The lowest BCUT2D eigenvalue weighted by atomic mass is 10.0. The number of halogens is 1. The number of β-lactam (4-membered cyclic amide) rings is 1. The van der Waals surface area contributed by atoms with Crippen molar-refractivity contribution >= 4 is 86.4 Å². The molecule has 46 heavy (non-hydrogen) atoms. The largest absolute Gasteiger partial charge is 0.478 e. The molecule has 2 fully saturated rings. The number of nitrogens with zero attached hydrogens (tertiary/aromatic N) is 6. The molecule has 0 aromatic carbocycles. The van der Waals surface area contributed by atoms with E-state index in [2.05, 4.69) is 25.8 Å². The summed E-state index contributed by atoms with van der Waals surface area (Å²) in [6.07, 6.45) is 1.27. The molecule has 0 aliphatic carbocycles. The molecule has 2 saturated heterocycles. The minimum atomic E-state index is -1.41. The summed E-state index contributed by atoms with van der Waals surface area (Å²) in [5, 5.41) is 28.1. The molecule has 0 bridgehead atoms. The Morgan fingerprint density at radius 3 is 2.76 bits per heavy atom. The normalized spacial score (nSPS) is 22.0. The number of aliphatic carboxylic acids is 2. The average Bonchev–Trinajstić information content (AvgIpc) is 3.74. The molecule has 8 N–H and O–H groups in total. The van der Waals surface area contributed by atoms with Gasteiger partial charge in [0.15, 0.2) is 10.8 Å². The van der Waals surface area contributed by atoms with E-state index < -0.39 is 47.0 Å². The van der Waals surface area contributed by atoms with Crippen molar-refractivity contribution in [3.8, 4) is 0 Å². The van der Waals surface area contributed by atoms with E-state index in [0.717, 1.165) is 41.3 Å². The van der Waals surface area contributed by atoms with Crippen molar-refractivity contribution in [3.05, 3.63) is 39.6 Å². The zero-order valence-corrected chi connectivity index (χ0v) is 26.4. The Morgan fingerprint density at radius 1 is 1.33 bits per heavy atom. The number of nitrogen functional groups attached to an aromatic ring is 2. The Labute approximate surface area is 273 Å². The summed E-state index contributed by atoms with van der Waals surface area (Å²) in [6, 6.07) is 2.77. The van der Waals surface area contributed by atoms with E-state index in [1.807, 2.05) is 16.7 Å². The van der Waals surface area contributed by atoms with Crippen LogP contribution in [0.3, 0.4) is 0 Å². The maximum Gasteiger partial charge on any atom is 0.352 e. The first-order valence-corrected chi connectivity index (χ1v) is 16.2. The standard InChI is InChI=1S/C26H27ClN10O7S2/c1-10(23(40)41)44-34-15(14-18(27)46-26(29)32-14)20(38)31-16-21(39)37-17(24(42)43)11(9-45-22(16)37)8-35-6-2-3-13-19(35)33-25(28)36(13)12-4-5-30-7-12/h2-3,6,10,12,16,22,28,30H,4-5,7-9H2,1H3,(H5,29,31,32,38,40,41,42,43)/p+1/b34-15-/t10-,12-,16+,22+/m0/s1. The number of thioether (sulfide) groups is 1. The highest BCUT2D eigenvalue weighted by Gasteiger charge is 2.54. The number of nitrogens with two attached hydrogens (primary N) is 2. The number of rotatable bonds is 10. The second-order valence-corrected chi connectivity index (χ2v) is 13.4. The second-order valence-electron chi connectivity index (χ2n) is 10.7. The van der Waals surface area contributed by atoms with Crippen LogP contribution in [0.1, 0.15) is 25.1 Å². The predicted molar refractivity (Wildman–Crippen MR) is 167 cm³/mol.